The van der Waals surface area contributed by atoms with Crippen molar-refractivity contribution >= 4 is 29.1 Å². The molecule has 1 heterocycles. The lowest BCUT2D eigenvalue weighted by atomic mass is 9.47. The fourth-order valence-corrected chi connectivity index (χ4v) is 8.88. The van der Waals surface area contributed by atoms with Crippen molar-refractivity contribution < 1.29 is 35.9 Å². The Balaban J connectivity index is 1.40. The van der Waals surface area contributed by atoms with E-state index < -0.39 is 46.4 Å². The van der Waals surface area contributed by atoms with E-state index in [0.717, 1.165) is 19.3 Å². The first-order chi connectivity index (χ1) is 17.6. The third-order valence-electron chi connectivity index (χ3n) is 10.4. The van der Waals surface area contributed by atoms with Gasteiger partial charge < -0.3 is 10.6 Å². The quantitative estimate of drug-likeness (QED) is 0.300. The van der Waals surface area contributed by atoms with Crippen LogP contribution < -0.4 is 10.6 Å². The van der Waals surface area contributed by atoms with Gasteiger partial charge in [0.05, 0.1) is 16.8 Å². The molecule has 3 aliphatic carbocycles. The van der Waals surface area contributed by atoms with Crippen LogP contribution in [0, 0.1) is 34.5 Å². The summed E-state index contributed by atoms with van der Waals surface area (Å²) in [6.45, 7) is 4.14. The SMILES string of the molecule is C[C@]12CC[C@H]3[C@@H](CC[C@H]4NC(=O)C[C@H](Cl)[C@@]43C)[C@@H]1CC[C@@H]2C(=O)Nc1cc(C(F)(F)F)ccc1C(F)(F)F. The fraction of sp³-hybridized carbons (Fsp3) is 0.704. The van der Waals surface area contributed by atoms with Gasteiger partial charge in [0.2, 0.25) is 11.8 Å². The molecule has 5 rings (SSSR count). The second kappa shape index (κ2) is 9.03. The molecule has 3 saturated carbocycles. The van der Waals surface area contributed by atoms with Crippen LogP contribution in [0.15, 0.2) is 18.2 Å². The van der Waals surface area contributed by atoms with Gasteiger partial charge in [-0.1, -0.05) is 13.8 Å². The van der Waals surface area contributed by atoms with Gasteiger partial charge in [0.1, 0.15) is 0 Å². The molecule has 1 aromatic rings. The summed E-state index contributed by atoms with van der Waals surface area (Å²) in [7, 11) is 0. The highest BCUT2D eigenvalue weighted by molar-refractivity contribution is 6.22. The van der Waals surface area contributed by atoms with Crippen LogP contribution in [0.4, 0.5) is 32.0 Å². The fourth-order valence-electron chi connectivity index (χ4n) is 8.43. The summed E-state index contributed by atoms with van der Waals surface area (Å²) in [6.07, 6.45) is -5.29. The zero-order valence-electron chi connectivity index (χ0n) is 21.1. The molecule has 1 aliphatic heterocycles. The molecule has 2 amide bonds. The van der Waals surface area contributed by atoms with Crippen molar-refractivity contribution in [1.29, 1.82) is 0 Å². The predicted octanol–water partition coefficient (Wildman–Crippen LogP) is 7.02. The van der Waals surface area contributed by atoms with E-state index in [1.54, 1.807) is 0 Å². The van der Waals surface area contributed by atoms with Crippen molar-refractivity contribution in [2.24, 2.45) is 34.5 Å². The minimum atomic E-state index is -4.92. The highest BCUT2D eigenvalue weighted by Crippen LogP contribution is 2.66. The molecule has 0 radical (unpaired) electrons. The Hall–Kier alpha value is -1.97. The number of benzene rings is 1. The van der Waals surface area contributed by atoms with Gasteiger partial charge in [-0.25, -0.2) is 0 Å². The van der Waals surface area contributed by atoms with E-state index in [-0.39, 0.29) is 46.9 Å². The number of fused-ring (bicyclic) bond motifs is 5. The Morgan fingerprint density at radius 1 is 1.00 bits per heavy atom. The number of anilines is 1. The zero-order valence-corrected chi connectivity index (χ0v) is 21.9. The molecule has 11 heteroatoms. The predicted molar refractivity (Wildman–Crippen MR) is 129 cm³/mol. The van der Waals surface area contributed by atoms with Gasteiger partial charge in [-0.3, -0.25) is 9.59 Å². The highest BCUT2D eigenvalue weighted by atomic mass is 35.5. The van der Waals surface area contributed by atoms with Crippen LogP contribution in [-0.4, -0.2) is 23.2 Å². The van der Waals surface area contributed by atoms with Gasteiger partial charge in [-0.05, 0) is 79.9 Å². The minimum Gasteiger partial charge on any atom is -0.353 e. The number of alkyl halides is 7. The molecule has 38 heavy (non-hydrogen) atoms. The Labute approximate surface area is 222 Å². The molecule has 0 aromatic heterocycles. The summed E-state index contributed by atoms with van der Waals surface area (Å²) in [6, 6.07) is 1.10. The largest absolute Gasteiger partial charge is 0.418 e. The lowest BCUT2D eigenvalue weighted by molar-refractivity contribution is -0.141. The molecule has 4 fully saturated rings. The van der Waals surface area contributed by atoms with Crippen molar-refractivity contribution in [2.75, 3.05) is 5.32 Å². The minimum absolute atomic E-state index is 0.0148. The van der Waals surface area contributed by atoms with E-state index >= 15 is 0 Å². The second-order valence-electron chi connectivity index (χ2n) is 12.0. The molecule has 8 atom stereocenters. The summed E-state index contributed by atoms with van der Waals surface area (Å²) in [5.41, 5.74) is -4.21. The summed E-state index contributed by atoms with van der Waals surface area (Å²) in [5.74, 6) is -0.699. The molecular formula is C27H31ClF6N2O2. The van der Waals surface area contributed by atoms with Crippen molar-refractivity contribution in [3.63, 3.8) is 0 Å². The Morgan fingerprint density at radius 3 is 2.37 bits per heavy atom. The van der Waals surface area contributed by atoms with E-state index in [0.29, 0.717) is 37.5 Å². The van der Waals surface area contributed by atoms with Crippen LogP contribution >= 0.6 is 11.6 Å². The molecular weight excluding hydrogens is 534 g/mol. The lowest BCUT2D eigenvalue weighted by Gasteiger charge is -2.61. The maximum absolute atomic E-state index is 13.6. The second-order valence-corrected chi connectivity index (χ2v) is 12.6. The number of rotatable bonds is 2. The van der Waals surface area contributed by atoms with Gasteiger partial charge in [0, 0.05) is 29.2 Å². The maximum atomic E-state index is 13.6. The topological polar surface area (TPSA) is 58.2 Å². The van der Waals surface area contributed by atoms with Crippen LogP contribution in [0.3, 0.4) is 0 Å². The normalized spacial score (nSPS) is 39.0. The van der Waals surface area contributed by atoms with E-state index in [1.807, 2.05) is 6.92 Å². The van der Waals surface area contributed by atoms with Gasteiger partial charge in [0.25, 0.3) is 0 Å². The Kier molecular flexibility index (Phi) is 6.56. The van der Waals surface area contributed by atoms with Crippen LogP contribution in [-0.2, 0) is 21.9 Å². The summed E-state index contributed by atoms with van der Waals surface area (Å²) in [5, 5.41) is 5.05. The smallest absolute Gasteiger partial charge is 0.353 e. The number of hydrogen-bond donors (Lipinski definition) is 2. The first-order valence-electron chi connectivity index (χ1n) is 13.1. The van der Waals surface area contributed by atoms with Crippen LogP contribution in [0.1, 0.15) is 69.9 Å². The first kappa shape index (κ1) is 27.6. The van der Waals surface area contributed by atoms with Crippen molar-refractivity contribution in [2.45, 2.75) is 82.6 Å². The summed E-state index contributed by atoms with van der Waals surface area (Å²) >= 11 is 6.79. The van der Waals surface area contributed by atoms with Crippen LogP contribution in [0.5, 0.6) is 0 Å². The van der Waals surface area contributed by atoms with Crippen molar-refractivity contribution in [1.82, 2.24) is 5.32 Å². The molecule has 210 valence electrons. The number of nitrogens with one attached hydrogen (secondary N) is 2. The average molecular weight is 565 g/mol. The van der Waals surface area contributed by atoms with E-state index in [1.165, 1.54) is 0 Å². The standard InChI is InChI=1S/C27H31ClF6N2O2/c1-24-10-9-16-14(4-8-21-25(16,2)20(28)12-22(37)36-21)15(24)6-7-18(24)23(38)35-19-11-13(26(29,30)31)3-5-17(19)27(32,33)34/h3,5,11,14-16,18,20-21H,4,6-10,12H2,1-2H3,(H,35,38)(H,36,37)/t14-,15-,16-,18+,20-,21+,24-,25-/m0/s1. The molecule has 4 nitrogen and oxygen atoms in total. The molecule has 0 spiro atoms. The molecule has 0 unspecified atom stereocenters. The first-order valence-corrected chi connectivity index (χ1v) is 13.5. The van der Waals surface area contributed by atoms with E-state index in [9.17, 15) is 35.9 Å². The van der Waals surface area contributed by atoms with Gasteiger partial charge in [0.15, 0.2) is 0 Å². The lowest BCUT2D eigenvalue weighted by Crippen LogP contribution is -2.65. The van der Waals surface area contributed by atoms with Crippen LogP contribution in [0.25, 0.3) is 0 Å². The number of hydrogen-bond acceptors (Lipinski definition) is 2. The highest BCUT2D eigenvalue weighted by Gasteiger charge is 2.63. The molecule has 1 saturated heterocycles. The number of piperidine rings is 1. The average Bonchev–Trinajstić information content (AvgIpc) is 3.16. The number of carbonyl (C=O) groups excluding carboxylic acids is 2. The molecule has 0 bridgehead atoms. The summed E-state index contributed by atoms with van der Waals surface area (Å²) in [4.78, 5) is 25.5. The maximum Gasteiger partial charge on any atom is 0.418 e. The summed E-state index contributed by atoms with van der Waals surface area (Å²) < 4.78 is 80.5. The van der Waals surface area contributed by atoms with Gasteiger partial charge in [-0.2, -0.15) is 26.3 Å². The molecule has 1 aromatic carbocycles. The third kappa shape index (κ3) is 4.29. The van der Waals surface area contributed by atoms with Crippen LogP contribution in [0.2, 0.25) is 0 Å². The number of amides is 2. The molecule has 4 aliphatic rings. The van der Waals surface area contributed by atoms with Gasteiger partial charge in [-0.15, -0.1) is 11.6 Å². The third-order valence-corrected chi connectivity index (χ3v) is 11.0. The van der Waals surface area contributed by atoms with Gasteiger partial charge >= 0.3 is 12.4 Å². The Bertz CT molecular complexity index is 1140. The number of carbonyl (C=O) groups is 2. The number of halogens is 7. The zero-order chi connectivity index (χ0) is 27.8. The van der Waals surface area contributed by atoms with Crippen molar-refractivity contribution in [3.8, 4) is 0 Å². The Morgan fingerprint density at radius 2 is 1.71 bits per heavy atom. The van der Waals surface area contributed by atoms with E-state index in [4.69, 9.17) is 11.6 Å². The molecule has 2 N–H and O–H groups in total. The van der Waals surface area contributed by atoms with E-state index in [2.05, 4.69) is 17.6 Å². The van der Waals surface area contributed by atoms with Crippen molar-refractivity contribution in [3.05, 3.63) is 29.3 Å². The monoisotopic (exact) mass is 564 g/mol.